The average Bonchev–Trinajstić information content (AvgIpc) is 2.38. The van der Waals surface area contributed by atoms with Crippen molar-refractivity contribution < 1.29 is 14.7 Å². The Hall–Kier alpha value is -1.16. The second kappa shape index (κ2) is 3.49. The molecule has 1 heterocycles. The van der Waals surface area contributed by atoms with Crippen molar-refractivity contribution in [2.24, 2.45) is 0 Å². The molecule has 0 fully saturated rings. The van der Waals surface area contributed by atoms with E-state index in [1.807, 2.05) is 6.92 Å². The molecule has 4 nitrogen and oxygen atoms in total. The van der Waals surface area contributed by atoms with Crippen molar-refractivity contribution in [1.29, 1.82) is 0 Å². The monoisotopic (exact) mass is 169 g/mol. The summed E-state index contributed by atoms with van der Waals surface area (Å²) in [6.45, 7) is 1.65. The van der Waals surface area contributed by atoms with E-state index < -0.39 is 0 Å². The van der Waals surface area contributed by atoms with Gasteiger partial charge in [0, 0.05) is 12.2 Å². The number of aliphatic hydroxyl groups excluding tert-OH is 1. The fraction of sp³-hybridized carbons (Fsp3) is 0.500. The SMILES string of the molecule is CC[C@@H](CO)N1C(=O)C=CC1=O. The van der Waals surface area contributed by atoms with Crippen LogP contribution in [0.15, 0.2) is 12.2 Å². The Morgan fingerprint density at radius 3 is 2.25 bits per heavy atom. The van der Waals surface area contributed by atoms with Gasteiger partial charge in [0.25, 0.3) is 11.8 Å². The van der Waals surface area contributed by atoms with Gasteiger partial charge in [-0.1, -0.05) is 6.92 Å². The first-order valence-corrected chi connectivity index (χ1v) is 3.86. The van der Waals surface area contributed by atoms with Crippen LogP contribution in [0.5, 0.6) is 0 Å². The molecule has 1 rings (SSSR count). The topological polar surface area (TPSA) is 57.6 Å². The Morgan fingerprint density at radius 2 is 1.92 bits per heavy atom. The highest BCUT2D eigenvalue weighted by atomic mass is 16.3. The predicted molar refractivity (Wildman–Crippen MR) is 42.2 cm³/mol. The number of imide groups is 1. The van der Waals surface area contributed by atoms with Gasteiger partial charge in [0.2, 0.25) is 0 Å². The molecule has 66 valence electrons. The third-order valence-electron chi connectivity index (χ3n) is 1.89. The summed E-state index contributed by atoms with van der Waals surface area (Å²) in [5.74, 6) is -0.665. The first-order chi connectivity index (χ1) is 5.70. The van der Waals surface area contributed by atoms with Crippen LogP contribution in [0.1, 0.15) is 13.3 Å². The molecule has 1 aliphatic heterocycles. The number of nitrogens with zero attached hydrogens (tertiary/aromatic N) is 1. The molecule has 0 saturated heterocycles. The molecule has 0 aromatic carbocycles. The zero-order valence-corrected chi connectivity index (χ0v) is 6.86. The van der Waals surface area contributed by atoms with Crippen LogP contribution in [-0.2, 0) is 9.59 Å². The molecule has 0 aliphatic carbocycles. The fourth-order valence-electron chi connectivity index (χ4n) is 1.16. The van der Waals surface area contributed by atoms with Crippen molar-refractivity contribution in [1.82, 2.24) is 4.90 Å². The lowest BCUT2D eigenvalue weighted by Gasteiger charge is -2.22. The van der Waals surface area contributed by atoms with Gasteiger partial charge in [0.1, 0.15) is 0 Å². The van der Waals surface area contributed by atoms with Gasteiger partial charge in [-0.05, 0) is 6.42 Å². The molecule has 2 amide bonds. The maximum absolute atomic E-state index is 11.1. The maximum Gasteiger partial charge on any atom is 0.253 e. The van der Waals surface area contributed by atoms with Gasteiger partial charge < -0.3 is 5.11 Å². The molecule has 4 heteroatoms. The molecule has 0 unspecified atom stereocenters. The number of hydrogen-bond donors (Lipinski definition) is 1. The summed E-state index contributed by atoms with van der Waals surface area (Å²) >= 11 is 0. The van der Waals surface area contributed by atoms with Crippen LogP contribution in [0.4, 0.5) is 0 Å². The largest absolute Gasteiger partial charge is 0.394 e. The molecule has 0 spiro atoms. The van der Waals surface area contributed by atoms with Gasteiger partial charge in [-0.15, -0.1) is 0 Å². The smallest absolute Gasteiger partial charge is 0.253 e. The quantitative estimate of drug-likeness (QED) is 0.589. The molecule has 1 N–H and O–H groups in total. The van der Waals surface area contributed by atoms with E-state index in [9.17, 15) is 9.59 Å². The van der Waals surface area contributed by atoms with E-state index in [2.05, 4.69) is 0 Å². The van der Waals surface area contributed by atoms with Gasteiger partial charge in [-0.25, -0.2) is 0 Å². The normalized spacial score (nSPS) is 19.0. The zero-order chi connectivity index (χ0) is 9.14. The molecule has 12 heavy (non-hydrogen) atoms. The highest BCUT2D eigenvalue weighted by molar-refractivity contribution is 6.13. The van der Waals surface area contributed by atoms with E-state index in [1.165, 1.54) is 12.2 Å². The van der Waals surface area contributed by atoms with Crippen molar-refractivity contribution in [3.8, 4) is 0 Å². The number of carbonyl (C=O) groups is 2. The minimum absolute atomic E-state index is 0.171. The second-order valence-electron chi connectivity index (χ2n) is 2.62. The van der Waals surface area contributed by atoms with Crippen LogP contribution in [-0.4, -0.2) is 34.5 Å². The zero-order valence-electron chi connectivity index (χ0n) is 6.86. The lowest BCUT2D eigenvalue weighted by atomic mass is 10.2. The van der Waals surface area contributed by atoms with Crippen molar-refractivity contribution >= 4 is 11.8 Å². The Bertz CT molecular complexity index is 212. The predicted octanol–water partition coefficient (Wildman–Crippen LogP) is -0.318. The lowest BCUT2D eigenvalue weighted by molar-refractivity contribution is -0.140. The minimum atomic E-state index is -0.375. The third kappa shape index (κ3) is 1.38. The molecule has 1 atom stereocenters. The van der Waals surface area contributed by atoms with E-state index in [-0.39, 0.29) is 24.5 Å². The summed E-state index contributed by atoms with van der Waals surface area (Å²) in [5, 5.41) is 8.85. The molecular weight excluding hydrogens is 158 g/mol. The minimum Gasteiger partial charge on any atom is -0.394 e. The summed E-state index contributed by atoms with van der Waals surface area (Å²) in [6.07, 6.45) is 3.02. The molecule has 1 aliphatic rings. The van der Waals surface area contributed by atoms with Gasteiger partial charge >= 0.3 is 0 Å². The number of hydrogen-bond acceptors (Lipinski definition) is 3. The lowest BCUT2D eigenvalue weighted by Crippen LogP contribution is -2.41. The van der Waals surface area contributed by atoms with E-state index >= 15 is 0 Å². The highest BCUT2D eigenvalue weighted by Crippen LogP contribution is 2.10. The Morgan fingerprint density at radius 1 is 1.42 bits per heavy atom. The Kier molecular flexibility index (Phi) is 2.60. The van der Waals surface area contributed by atoms with Crippen molar-refractivity contribution in [2.75, 3.05) is 6.61 Å². The first kappa shape index (κ1) is 8.93. The van der Waals surface area contributed by atoms with Crippen LogP contribution in [0.2, 0.25) is 0 Å². The standard InChI is InChI=1S/C8H11NO3/c1-2-6(5-10)9-7(11)3-4-8(9)12/h3-4,6,10H,2,5H2,1H3/t6-/m0/s1. The van der Waals surface area contributed by atoms with Crippen LogP contribution in [0.3, 0.4) is 0 Å². The average molecular weight is 169 g/mol. The van der Waals surface area contributed by atoms with E-state index in [4.69, 9.17) is 5.11 Å². The molecular formula is C8H11NO3. The van der Waals surface area contributed by atoms with Gasteiger partial charge in [0.05, 0.1) is 12.6 Å². The fourth-order valence-corrected chi connectivity index (χ4v) is 1.16. The Balaban J connectivity index is 2.74. The van der Waals surface area contributed by atoms with Crippen LogP contribution in [0.25, 0.3) is 0 Å². The first-order valence-electron chi connectivity index (χ1n) is 3.86. The third-order valence-corrected chi connectivity index (χ3v) is 1.89. The van der Waals surface area contributed by atoms with E-state index in [0.29, 0.717) is 6.42 Å². The van der Waals surface area contributed by atoms with Crippen LogP contribution < -0.4 is 0 Å². The molecule has 0 aromatic rings. The summed E-state index contributed by atoms with van der Waals surface area (Å²) in [5.41, 5.74) is 0. The Labute approximate surface area is 70.5 Å². The number of rotatable bonds is 3. The summed E-state index contributed by atoms with van der Waals surface area (Å²) < 4.78 is 0. The summed E-state index contributed by atoms with van der Waals surface area (Å²) in [4.78, 5) is 23.2. The molecule has 0 saturated carbocycles. The van der Waals surface area contributed by atoms with E-state index in [1.54, 1.807) is 0 Å². The summed E-state index contributed by atoms with van der Waals surface area (Å²) in [7, 11) is 0. The number of amides is 2. The highest BCUT2D eigenvalue weighted by Gasteiger charge is 2.29. The maximum atomic E-state index is 11.1. The van der Waals surface area contributed by atoms with Crippen molar-refractivity contribution in [3.63, 3.8) is 0 Å². The van der Waals surface area contributed by atoms with Crippen LogP contribution >= 0.6 is 0 Å². The number of carbonyl (C=O) groups excluding carboxylic acids is 2. The van der Waals surface area contributed by atoms with Crippen molar-refractivity contribution in [2.45, 2.75) is 19.4 Å². The molecule has 0 bridgehead atoms. The second-order valence-corrected chi connectivity index (χ2v) is 2.62. The van der Waals surface area contributed by atoms with E-state index in [0.717, 1.165) is 4.90 Å². The summed E-state index contributed by atoms with van der Waals surface area (Å²) in [6, 6.07) is -0.375. The number of aliphatic hydroxyl groups is 1. The van der Waals surface area contributed by atoms with Crippen molar-refractivity contribution in [3.05, 3.63) is 12.2 Å². The van der Waals surface area contributed by atoms with Crippen LogP contribution in [0, 0.1) is 0 Å². The van der Waals surface area contributed by atoms with Gasteiger partial charge in [0.15, 0.2) is 0 Å². The molecule has 0 radical (unpaired) electrons. The van der Waals surface area contributed by atoms with Gasteiger partial charge in [-0.3, -0.25) is 14.5 Å². The molecule has 0 aromatic heterocycles. The van der Waals surface area contributed by atoms with Gasteiger partial charge in [-0.2, -0.15) is 0 Å².